The Kier molecular flexibility index (Phi) is 10.5. The van der Waals surface area contributed by atoms with Gasteiger partial charge in [-0.1, -0.05) is 65.0 Å². The molecule has 0 fully saturated rings. The van der Waals surface area contributed by atoms with Crippen LogP contribution >= 0.6 is 0 Å². The number of hydrogen-bond acceptors (Lipinski definition) is 5. The second-order valence-corrected chi connectivity index (χ2v) is 12.1. The van der Waals surface area contributed by atoms with E-state index >= 15 is 0 Å². The lowest BCUT2D eigenvalue weighted by atomic mass is 9.93. The van der Waals surface area contributed by atoms with Crippen LogP contribution in [0.4, 0.5) is 16.2 Å². The lowest BCUT2D eigenvalue weighted by Crippen LogP contribution is -2.30. The van der Waals surface area contributed by atoms with Crippen molar-refractivity contribution in [3.8, 4) is 16.9 Å². The number of hydrogen-bond donors (Lipinski definition) is 2. The van der Waals surface area contributed by atoms with Crippen LogP contribution in [-0.2, 0) is 13.0 Å². The van der Waals surface area contributed by atoms with Gasteiger partial charge in [0.25, 0.3) is 5.56 Å². The van der Waals surface area contributed by atoms with Crippen LogP contribution in [0.2, 0.25) is 0 Å². The quantitative estimate of drug-likeness (QED) is 0.136. The smallest absolute Gasteiger partial charge is 0.323 e. The monoisotopic (exact) mass is 617 g/mol. The third kappa shape index (κ3) is 7.28. The number of ether oxygens (including phenoxy) is 1. The van der Waals surface area contributed by atoms with E-state index in [0.29, 0.717) is 30.1 Å². The van der Waals surface area contributed by atoms with E-state index in [4.69, 9.17) is 4.74 Å². The van der Waals surface area contributed by atoms with Gasteiger partial charge in [0.1, 0.15) is 17.1 Å². The highest BCUT2D eigenvalue weighted by atomic mass is 16.5. The summed E-state index contributed by atoms with van der Waals surface area (Å²) in [6.45, 7) is 11.4. The molecule has 3 aromatic heterocycles. The van der Waals surface area contributed by atoms with Crippen LogP contribution in [0, 0.1) is 0 Å². The summed E-state index contributed by atoms with van der Waals surface area (Å²) in [6.07, 6.45) is 7.75. The van der Waals surface area contributed by atoms with Crippen molar-refractivity contribution in [3.63, 3.8) is 0 Å². The number of amides is 2. The van der Waals surface area contributed by atoms with Crippen LogP contribution in [0.15, 0.2) is 90.1 Å². The van der Waals surface area contributed by atoms with Crippen LogP contribution in [0.5, 0.6) is 5.75 Å². The molecule has 5 aromatic rings. The van der Waals surface area contributed by atoms with E-state index in [9.17, 15) is 9.59 Å². The number of carbonyl (C=O) groups excluding carboxylic acids is 1. The number of aromatic nitrogens is 3. The van der Waals surface area contributed by atoms with Gasteiger partial charge in [-0.25, -0.2) is 9.78 Å². The topological polar surface area (TPSA) is 98.1 Å². The number of benzene rings is 2. The number of aryl methyl sites for hydroxylation is 2. The SMILES string of the molecule is CCCn1c(=O)c(NC(=O)Nc2c(C(C)C)cccc2C(C)C)c(-c2cccc(OCCCc3ccncc3)c2)c2cccnc21. The highest BCUT2D eigenvalue weighted by molar-refractivity contribution is 6.07. The molecule has 0 saturated carbocycles. The minimum atomic E-state index is -0.469. The van der Waals surface area contributed by atoms with Crippen molar-refractivity contribution in [3.05, 3.63) is 112 Å². The van der Waals surface area contributed by atoms with Gasteiger partial charge in [-0.3, -0.25) is 14.3 Å². The molecule has 0 unspecified atom stereocenters. The number of urea groups is 1. The van der Waals surface area contributed by atoms with Gasteiger partial charge < -0.3 is 15.4 Å². The maximum absolute atomic E-state index is 14.2. The van der Waals surface area contributed by atoms with E-state index in [2.05, 4.69) is 48.3 Å². The molecule has 2 N–H and O–H groups in total. The van der Waals surface area contributed by atoms with E-state index in [1.54, 1.807) is 23.2 Å². The van der Waals surface area contributed by atoms with Crippen molar-refractivity contribution in [2.45, 2.75) is 72.3 Å². The Balaban J connectivity index is 1.53. The zero-order valence-electron chi connectivity index (χ0n) is 27.3. The summed E-state index contributed by atoms with van der Waals surface area (Å²) in [5.74, 6) is 1.08. The summed E-state index contributed by atoms with van der Waals surface area (Å²) in [4.78, 5) is 36.7. The molecule has 8 nitrogen and oxygen atoms in total. The van der Waals surface area contributed by atoms with Crippen LogP contribution in [0.3, 0.4) is 0 Å². The van der Waals surface area contributed by atoms with E-state index in [1.165, 1.54) is 5.56 Å². The molecule has 3 heterocycles. The Morgan fingerprint density at radius 1 is 0.870 bits per heavy atom. The summed E-state index contributed by atoms with van der Waals surface area (Å²) in [5.41, 5.74) is 5.92. The molecule has 2 aromatic carbocycles. The standard InChI is InChI=1S/C38H43N5O3/c1-6-22-43-36-32(16-9-19-40-36)33(28-12-7-13-29(24-28)46-23-10-11-27-17-20-39-21-18-27)35(37(43)44)42-38(45)41-34-30(25(2)3)14-8-15-31(34)26(4)5/h7-9,12-21,24-26H,6,10-11,22-23H2,1-5H3,(H2,41,42,45). The maximum atomic E-state index is 14.2. The minimum absolute atomic E-state index is 0.200. The molecule has 0 bridgehead atoms. The molecule has 0 spiro atoms. The summed E-state index contributed by atoms with van der Waals surface area (Å²) in [7, 11) is 0. The fourth-order valence-electron chi connectivity index (χ4n) is 5.84. The normalized spacial score (nSPS) is 11.3. The Morgan fingerprint density at radius 2 is 1.57 bits per heavy atom. The summed E-state index contributed by atoms with van der Waals surface area (Å²) in [6, 6.07) is 21.1. The van der Waals surface area contributed by atoms with E-state index in [0.717, 1.165) is 47.0 Å². The molecule has 0 aliphatic carbocycles. The fourth-order valence-corrected chi connectivity index (χ4v) is 5.84. The van der Waals surface area contributed by atoms with Gasteiger partial charge in [-0.15, -0.1) is 0 Å². The average molecular weight is 618 g/mol. The molecule has 0 saturated heterocycles. The van der Waals surface area contributed by atoms with Gasteiger partial charge >= 0.3 is 6.03 Å². The van der Waals surface area contributed by atoms with E-state index in [1.807, 2.05) is 73.7 Å². The molecular formula is C38H43N5O3. The van der Waals surface area contributed by atoms with Crippen LogP contribution < -0.4 is 20.9 Å². The predicted octanol–water partition coefficient (Wildman–Crippen LogP) is 8.77. The van der Waals surface area contributed by atoms with Gasteiger partial charge in [0.05, 0.1) is 6.61 Å². The number of carbonyl (C=O) groups is 1. The highest BCUT2D eigenvalue weighted by Crippen LogP contribution is 2.36. The zero-order valence-corrected chi connectivity index (χ0v) is 27.3. The molecule has 5 rings (SSSR count). The first-order valence-corrected chi connectivity index (χ1v) is 16.1. The number of rotatable bonds is 12. The molecule has 2 amide bonds. The van der Waals surface area contributed by atoms with Crippen molar-refractivity contribution in [1.82, 2.24) is 14.5 Å². The van der Waals surface area contributed by atoms with Crippen LogP contribution in [0.1, 0.15) is 76.0 Å². The third-order valence-corrected chi connectivity index (χ3v) is 8.07. The van der Waals surface area contributed by atoms with Gasteiger partial charge in [0.2, 0.25) is 0 Å². The first-order valence-electron chi connectivity index (χ1n) is 16.1. The minimum Gasteiger partial charge on any atom is -0.494 e. The van der Waals surface area contributed by atoms with Crippen molar-refractivity contribution in [1.29, 1.82) is 0 Å². The predicted molar refractivity (Wildman–Crippen MR) is 187 cm³/mol. The van der Waals surface area contributed by atoms with Crippen molar-refractivity contribution >= 4 is 28.4 Å². The number of nitrogens with one attached hydrogen (secondary N) is 2. The second kappa shape index (κ2) is 14.9. The van der Waals surface area contributed by atoms with Crippen LogP contribution in [-0.4, -0.2) is 27.2 Å². The number of fused-ring (bicyclic) bond motifs is 1. The number of pyridine rings is 3. The van der Waals surface area contributed by atoms with E-state index in [-0.39, 0.29) is 23.1 Å². The van der Waals surface area contributed by atoms with Crippen molar-refractivity contribution in [2.75, 3.05) is 17.2 Å². The fraction of sp³-hybridized carbons (Fsp3) is 0.316. The lowest BCUT2D eigenvalue weighted by molar-refractivity contribution is 0.262. The van der Waals surface area contributed by atoms with E-state index < -0.39 is 6.03 Å². The molecule has 238 valence electrons. The molecular weight excluding hydrogens is 574 g/mol. The lowest BCUT2D eigenvalue weighted by Gasteiger charge is -2.22. The van der Waals surface area contributed by atoms with Crippen LogP contribution in [0.25, 0.3) is 22.2 Å². The largest absolute Gasteiger partial charge is 0.494 e. The molecule has 46 heavy (non-hydrogen) atoms. The maximum Gasteiger partial charge on any atom is 0.323 e. The van der Waals surface area contributed by atoms with Gasteiger partial charge in [-0.05, 0) is 89.8 Å². The first kappa shape index (κ1) is 32.4. The number of anilines is 2. The molecule has 0 radical (unpaired) electrons. The summed E-state index contributed by atoms with van der Waals surface area (Å²) < 4.78 is 7.80. The molecule has 0 aliphatic rings. The van der Waals surface area contributed by atoms with Crippen molar-refractivity contribution in [2.24, 2.45) is 0 Å². The highest BCUT2D eigenvalue weighted by Gasteiger charge is 2.22. The van der Waals surface area contributed by atoms with Crippen molar-refractivity contribution < 1.29 is 9.53 Å². The Labute approximate surface area is 270 Å². The first-order chi connectivity index (χ1) is 22.3. The second-order valence-electron chi connectivity index (χ2n) is 12.1. The Bertz CT molecular complexity index is 1840. The van der Waals surface area contributed by atoms with Gasteiger partial charge in [0.15, 0.2) is 0 Å². The van der Waals surface area contributed by atoms with Gasteiger partial charge in [0, 0.05) is 41.8 Å². The Morgan fingerprint density at radius 3 is 2.26 bits per heavy atom. The summed E-state index contributed by atoms with van der Waals surface area (Å²) in [5, 5.41) is 6.86. The number of para-hydroxylation sites is 1. The summed E-state index contributed by atoms with van der Waals surface area (Å²) >= 11 is 0. The number of nitrogens with zero attached hydrogens (tertiary/aromatic N) is 3. The van der Waals surface area contributed by atoms with Gasteiger partial charge in [-0.2, -0.15) is 0 Å². The molecule has 0 aliphatic heterocycles. The molecule has 8 heteroatoms. The Hall–Kier alpha value is -4.98. The zero-order chi connectivity index (χ0) is 32.6. The molecule has 0 atom stereocenters. The third-order valence-electron chi connectivity index (χ3n) is 8.07. The average Bonchev–Trinajstić information content (AvgIpc) is 3.05.